The van der Waals surface area contributed by atoms with Crippen LogP contribution in [0.5, 0.6) is 0 Å². The van der Waals surface area contributed by atoms with Crippen molar-refractivity contribution in [3.05, 3.63) is 33.7 Å². The van der Waals surface area contributed by atoms with Gasteiger partial charge in [-0.3, -0.25) is 14.4 Å². The minimum atomic E-state index is -0.410. The largest absolute Gasteiger partial charge is 0.339 e. The van der Waals surface area contributed by atoms with Gasteiger partial charge in [-0.15, -0.1) is 0 Å². The van der Waals surface area contributed by atoms with Crippen molar-refractivity contribution < 1.29 is 9.59 Å². The second-order valence-corrected chi connectivity index (χ2v) is 8.21. The fraction of sp³-hybridized carbons (Fsp3) is 0.650. The number of rotatable bonds is 2. The Morgan fingerprint density at radius 1 is 1.12 bits per heavy atom. The standard InChI is InChI=1S/C20H27N3O3/c1-14-11-15(12-17(24)21-14)18(25)22-10-8-20(13-22)7-4-9-23(19(20)26)16-5-2-3-6-16/h11-12,16H,2-10,13H2,1H3,(H,21,24)/t20-/m0/s1. The third-order valence-electron chi connectivity index (χ3n) is 6.40. The molecule has 1 aromatic rings. The summed E-state index contributed by atoms with van der Waals surface area (Å²) < 4.78 is 0. The zero-order chi connectivity index (χ0) is 18.3. The quantitative estimate of drug-likeness (QED) is 0.881. The summed E-state index contributed by atoms with van der Waals surface area (Å²) in [6, 6.07) is 3.47. The molecule has 2 saturated heterocycles. The van der Waals surface area contributed by atoms with Gasteiger partial charge in [-0.1, -0.05) is 12.8 Å². The van der Waals surface area contributed by atoms with Gasteiger partial charge >= 0.3 is 0 Å². The molecule has 140 valence electrons. The number of H-pyrrole nitrogens is 1. The lowest BCUT2D eigenvalue weighted by molar-refractivity contribution is -0.148. The van der Waals surface area contributed by atoms with Gasteiger partial charge in [0.05, 0.1) is 5.41 Å². The maximum absolute atomic E-state index is 13.3. The molecule has 3 fully saturated rings. The van der Waals surface area contributed by atoms with Gasteiger partial charge in [0, 0.05) is 43.0 Å². The van der Waals surface area contributed by atoms with Crippen LogP contribution in [0.1, 0.15) is 61.0 Å². The molecule has 1 spiro atoms. The molecule has 0 unspecified atom stereocenters. The number of likely N-dealkylation sites (tertiary alicyclic amines) is 2. The van der Waals surface area contributed by atoms with Crippen molar-refractivity contribution in [1.29, 1.82) is 0 Å². The predicted octanol–water partition coefficient (Wildman–Crippen LogP) is 2.08. The van der Waals surface area contributed by atoms with Crippen molar-refractivity contribution >= 4 is 11.8 Å². The fourth-order valence-corrected chi connectivity index (χ4v) is 5.08. The van der Waals surface area contributed by atoms with Crippen LogP contribution >= 0.6 is 0 Å². The molecule has 1 aliphatic carbocycles. The molecule has 4 rings (SSSR count). The number of amides is 2. The zero-order valence-corrected chi connectivity index (χ0v) is 15.4. The van der Waals surface area contributed by atoms with Crippen molar-refractivity contribution in [2.45, 2.75) is 57.9 Å². The van der Waals surface area contributed by atoms with Crippen LogP contribution in [0.2, 0.25) is 0 Å². The smallest absolute Gasteiger partial charge is 0.254 e. The molecule has 0 aromatic carbocycles. The Bertz CT molecular complexity index is 781. The highest BCUT2D eigenvalue weighted by Gasteiger charge is 2.50. The summed E-state index contributed by atoms with van der Waals surface area (Å²) >= 11 is 0. The van der Waals surface area contributed by atoms with Gasteiger partial charge in [-0.25, -0.2) is 0 Å². The average molecular weight is 357 g/mol. The molecular weight excluding hydrogens is 330 g/mol. The summed E-state index contributed by atoms with van der Waals surface area (Å²) in [7, 11) is 0. The van der Waals surface area contributed by atoms with Gasteiger partial charge in [0.2, 0.25) is 11.5 Å². The van der Waals surface area contributed by atoms with Crippen molar-refractivity contribution in [3.63, 3.8) is 0 Å². The Morgan fingerprint density at radius 3 is 2.62 bits per heavy atom. The highest BCUT2D eigenvalue weighted by molar-refractivity contribution is 5.95. The third-order valence-corrected chi connectivity index (χ3v) is 6.40. The van der Waals surface area contributed by atoms with E-state index in [-0.39, 0.29) is 17.4 Å². The summed E-state index contributed by atoms with van der Waals surface area (Å²) in [5.41, 5.74) is 0.422. The molecule has 1 atom stereocenters. The molecule has 3 aliphatic rings. The molecule has 1 N–H and O–H groups in total. The number of nitrogens with zero attached hydrogens (tertiary/aromatic N) is 2. The molecule has 6 heteroatoms. The Labute approximate surface area is 153 Å². The van der Waals surface area contributed by atoms with Crippen LogP contribution in [0.3, 0.4) is 0 Å². The Balaban J connectivity index is 1.52. The SMILES string of the molecule is Cc1cc(C(=O)N2CC[C@@]3(CCCN(C4CCCC4)C3=O)C2)cc(=O)[nH]1. The highest BCUT2D eigenvalue weighted by atomic mass is 16.2. The first kappa shape index (κ1) is 17.3. The van der Waals surface area contributed by atoms with E-state index in [2.05, 4.69) is 9.88 Å². The number of hydrogen-bond acceptors (Lipinski definition) is 3. The van der Waals surface area contributed by atoms with Gasteiger partial charge in [0.1, 0.15) is 0 Å². The normalized spacial score (nSPS) is 26.9. The van der Waals surface area contributed by atoms with Crippen LogP contribution in [0.15, 0.2) is 16.9 Å². The van der Waals surface area contributed by atoms with Crippen LogP contribution < -0.4 is 5.56 Å². The minimum absolute atomic E-state index is 0.137. The van der Waals surface area contributed by atoms with Crippen molar-refractivity contribution in [2.75, 3.05) is 19.6 Å². The monoisotopic (exact) mass is 357 g/mol. The predicted molar refractivity (Wildman–Crippen MR) is 98.0 cm³/mol. The number of piperidine rings is 1. The van der Waals surface area contributed by atoms with E-state index in [4.69, 9.17) is 0 Å². The van der Waals surface area contributed by atoms with Crippen LogP contribution in [0.25, 0.3) is 0 Å². The van der Waals surface area contributed by atoms with Crippen LogP contribution in [0.4, 0.5) is 0 Å². The fourth-order valence-electron chi connectivity index (χ4n) is 5.08. The van der Waals surface area contributed by atoms with Crippen molar-refractivity contribution in [1.82, 2.24) is 14.8 Å². The first-order valence-corrected chi connectivity index (χ1v) is 9.80. The molecule has 0 bridgehead atoms. The molecule has 1 saturated carbocycles. The van der Waals surface area contributed by atoms with E-state index in [9.17, 15) is 14.4 Å². The lowest BCUT2D eigenvalue weighted by Gasteiger charge is -2.42. The van der Waals surface area contributed by atoms with Gasteiger partial charge < -0.3 is 14.8 Å². The van der Waals surface area contributed by atoms with Crippen LogP contribution in [-0.2, 0) is 4.79 Å². The second-order valence-electron chi connectivity index (χ2n) is 8.21. The maximum Gasteiger partial charge on any atom is 0.254 e. The summed E-state index contributed by atoms with van der Waals surface area (Å²) in [5, 5.41) is 0. The third kappa shape index (κ3) is 2.95. The molecule has 3 heterocycles. The van der Waals surface area contributed by atoms with E-state index >= 15 is 0 Å². The van der Waals surface area contributed by atoms with Gasteiger partial charge in [0.15, 0.2) is 0 Å². The molecular formula is C20H27N3O3. The van der Waals surface area contributed by atoms with Crippen LogP contribution in [-0.4, -0.2) is 52.3 Å². The first-order valence-electron chi connectivity index (χ1n) is 9.80. The summed E-state index contributed by atoms with van der Waals surface area (Å²) in [5.74, 6) is 0.120. The Hall–Kier alpha value is -2.11. The van der Waals surface area contributed by atoms with E-state index in [1.165, 1.54) is 18.9 Å². The lowest BCUT2D eigenvalue weighted by Crippen LogP contribution is -2.53. The number of carbonyl (C=O) groups is 2. The van der Waals surface area contributed by atoms with E-state index in [1.807, 2.05) is 0 Å². The van der Waals surface area contributed by atoms with Gasteiger partial charge in [0.25, 0.3) is 5.91 Å². The number of aromatic amines is 1. The topological polar surface area (TPSA) is 73.5 Å². The molecule has 2 amide bonds. The molecule has 1 aromatic heterocycles. The number of aryl methyl sites for hydroxylation is 1. The molecule has 0 radical (unpaired) electrons. The lowest BCUT2D eigenvalue weighted by atomic mass is 9.77. The zero-order valence-electron chi connectivity index (χ0n) is 15.4. The number of carbonyl (C=O) groups excluding carboxylic acids is 2. The van der Waals surface area contributed by atoms with E-state index in [0.717, 1.165) is 38.6 Å². The van der Waals surface area contributed by atoms with E-state index in [0.29, 0.717) is 30.4 Å². The maximum atomic E-state index is 13.3. The second kappa shape index (κ2) is 6.56. The minimum Gasteiger partial charge on any atom is -0.339 e. The molecule has 2 aliphatic heterocycles. The molecule has 26 heavy (non-hydrogen) atoms. The van der Waals surface area contributed by atoms with Gasteiger partial charge in [-0.2, -0.15) is 0 Å². The first-order chi connectivity index (χ1) is 12.5. The molecule has 6 nitrogen and oxygen atoms in total. The Kier molecular flexibility index (Phi) is 4.37. The summed E-state index contributed by atoms with van der Waals surface area (Å²) in [6.45, 7) is 3.72. The summed E-state index contributed by atoms with van der Waals surface area (Å²) in [4.78, 5) is 44.4. The van der Waals surface area contributed by atoms with E-state index in [1.54, 1.807) is 17.9 Å². The van der Waals surface area contributed by atoms with Crippen molar-refractivity contribution in [2.24, 2.45) is 5.41 Å². The van der Waals surface area contributed by atoms with Gasteiger partial charge in [-0.05, 0) is 45.1 Å². The number of nitrogens with one attached hydrogen (secondary N) is 1. The number of pyridine rings is 1. The average Bonchev–Trinajstić information content (AvgIpc) is 3.27. The van der Waals surface area contributed by atoms with Crippen molar-refractivity contribution in [3.8, 4) is 0 Å². The Morgan fingerprint density at radius 2 is 1.88 bits per heavy atom. The van der Waals surface area contributed by atoms with Crippen LogP contribution in [0, 0.1) is 12.3 Å². The summed E-state index contributed by atoms with van der Waals surface area (Å²) in [6.07, 6.45) is 7.31. The number of aromatic nitrogens is 1. The van der Waals surface area contributed by atoms with E-state index < -0.39 is 5.41 Å². The highest BCUT2D eigenvalue weighted by Crippen LogP contribution is 2.42. The number of hydrogen-bond donors (Lipinski definition) is 1.